The van der Waals surface area contributed by atoms with E-state index in [0.29, 0.717) is 17.8 Å². The summed E-state index contributed by atoms with van der Waals surface area (Å²) < 4.78 is 0. The van der Waals surface area contributed by atoms with E-state index < -0.39 is 0 Å². The van der Waals surface area contributed by atoms with Crippen LogP contribution >= 0.6 is 11.8 Å². The Hall–Kier alpha value is -1.30. The van der Waals surface area contributed by atoms with E-state index in [1.54, 1.807) is 6.20 Å². The average Bonchev–Trinajstić information content (AvgIpc) is 2.93. The number of nitrogens with one attached hydrogen (secondary N) is 1. The zero-order chi connectivity index (χ0) is 15.2. The zero-order valence-electron chi connectivity index (χ0n) is 13.0. The monoisotopic (exact) mass is 308 g/mol. The van der Waals surface area contributed by atoms with E-state index in [0.717, 1.165) is 30.1 Å². The molecular formula is C15H24N4OS. The third kappa shape index (κ3) is 4.59. The number of amides is 2. The summed E-state index contributed by atoms with van der Waals surface area (Å²) in [5.74, 6) is 1.88. The van der Waals surface area contributed by atoms with Crippen LogP contribution < -0.4 is 5.32 Å². The second kappa shape index (κ2) is 7.64. The fourth-order valence-electron chi connectivity index (χ4n) is 2.72. The predicted octanol–water partition coefficient (Wildman–Crippen LogP) is 2.60. The first kappa shape index (κ1) is 16.1. The van der Waals surface area contributed by atoms with Gasteiger partial charge in [0.25, 0.3) is 0 Å². The third-order valence-electron chi connectivity index (χ3n) is 3.88. The topological polar surface area (TPSA) is 58.1 Å². The van der Waals surface area contributed by atoms with Gasteiger partial charge in [-0.15, -0.1) is 0 Å². The third-order valence-corrected chi connectivity index (χ3v) is 5.11. The number of nitrogens with zero attached hydrogens (tertiary/aromatic N) is 3. The van der Waals surface area contributed by atoms with Crippen molar-refractivity contribution in [3.05, 3.63) is 23.8 Å². The minimum Gasteiger partial charge on any atom is -0.332 e. The standard InChI is InChI=1S/C15H24N4OS/c1-4-21-14-6-5-13(9-14)19(3)15(20)17-10-12-7-8-16-11(2)18-12/h7-8,13-14H,4-6,9-10H2,1-3H3,(H,17,20)/t13-,14+/m0/s1. The number of rotatable bonds is 5. The second-order valence-electron chi connectivity index (χ2n) is 5.41. The maximum atomic E-state index is 12.2. The number of aromatic nitrogens is 2. The molecule has 116 valence electrons. The van der Waals surface area contributed by atoms with Crippen LogP contribution in [0.4, 0.5) is 4.79 Å². The van der Waals surface area contributed by atoms with E-state index in [1.165, 1.54) is 6.42 Å². The molecule has 0 unspecified atom stereocenters. The van der Waals surface area contributed by atoms with Gasteiger partial charge in [-0.25, -0.2) is 14.8 Å². The molecule has 6 heteroatoms. The lowest BCUT2D eigenvalue weighted by Gasteiger charge is -2.25. The summed E-state index contributed by atoms with van der Waals surface area (Å²) in [6.07, 6.45) is 5.15. The quantitative estimate of drug-likeness (QED) is 0.908. The highest BCUT2D eigenvalue weighted by Crippen LogP contribution is 2.32. The molecule has 1 saturated carbocycles. The van der Waals surface area contributed by atoms with Gasteiger partial charge in [0.15, 0.2) is 0 Å². The van der Waals surface area contributed by atoms with Gasteiger partial charge in [0, 0.05) is 24.5 Å². The maximum Gasteiger partial charge on any atom is 0.317 e. The van der Waals surface area contributed by atoms with E-state index in [1.807, 2.05) is 36.7 Å². The van der Waals surface area contributed by atoms with Crippen LogP contribution in [0.2, 0.25) is 0 Å². The Morgan fingerprint density at radius 2 is 2.33 bits per heavy atom. The van der Waals surface area contributed by atoms with Crippen molar-refractivity contribution < 1.29 is 4.79 Å². The highest BCUT2D eigenvalue weighted by Gasteiger charge is 2.29. The molecule has 0 spiro atoms. The van der Waals surface area contributed by atoms with Crippen LogP contribution in [0.1, 0.15) is 37.7 Å². The normalized spacial score (nSPS) is 21.3. The number of hydrogen-bond donors (Lipinski definition) is 1. The smallest absolute Gasteiger partial charge is 0.317 e. The Kier molecular flexibility index (Phi) is 5.85. The molecule has 1 fully saturated rings. The van der Waals surface area contributed by atoms with E-state index >= 15 is 0 Å². The molecule has 1 N–H and O–H groups in total. The van der Waals surface area contributed by atoms with E-state index in [2.05, 4.69) is 22.2 Å². The fourth-order valence-corrected chi connectivity index (χ4v) is 3.85. The molecule has 1 heterocycles. The largest absolute Gasteiger partial charge is 0.332 e. The van der Waals surface area contributed by atoms with Crippen molar-refractivity contribution in [2.24, 2.45) is 0 Å². The van der Waals surface area contributed by atoms with Crippen LogP contribution in [-0.2, 0) is 6.54 Å². The molecular weight excluding hydrogens is 284 g/mol. The molecule has 0 aromatic carbocycles. The molecule has 2 atom stereocenters. The van der Waals surface area contributed by atoms with Gasteiger partial charge in [-0.05, 0) is 38.0 Å². The number of thioether (sulfide) groups is 1. The summed E-state index contributed by atoms with van der Waals surface area (Å²) >= 11 is 2.01. The summed E-state index contributed by atoms with van der Waals surface area (Å²) in [6, 6.07) is 2.18. The Morgan fingerprint density at radius 3 is 3.05 bits per heavy atom. The van der Waals surface area contributed by atoms with Crippen LogP contribution in [0.25, 0.3) is 0 Å². The highest BCUT2D eigenvalue weighted by molar-refractivity contribution is 7.99. The molecule has 0 radical (unpaired) electrons. The second-order valence-corrected chi connectivity index (χ2v) is 6.99. The number of hydrogen-bond acceptors (Lipinski definition) is 4. The van der Waals surface area contributed by atoms with Crippen molar-refractivity contribution in [2.75, 3.05) is 12.8 Å². The van der Waals surface area contributed by atoms with Gasteiger partial charge in [-0.3, -0.25) is 0 Å². The van der Waals surface area contributed by atoms with Crippen molar-refractivity contribution in [3.8, 4) is 0 Å². The van der Waals surface area contributed by atoms with Gasteiger partial charge in [-0.1, -0.05) is 6.92 Å². The van der Waals surface area contributed by atoms with Gasteiger partial charge in [-0.2, -0.15) is 11.8 Å². The summed E-state index contributed by atoms with van der Waals surface area (Å²) in [7, 11) is 1.89. The lowest BCUT2D eigenvalue weighted by atomic mass is 10.2. The minimum absolute atomic E-state index is 0.0154. The number of carbonyl (C=O) groups excluding carboxylic acids is 1. The first-order chi connectivity index (χ1) is 10.1. The van der Waals surface area contributed by atoms with Gasteiger partial charge in [0.2, 0.25) is 0 Å². The van der Waals surface area contributed by atoms with E-state index in [9.17, 15) is 4.79 Å². The van der Waals surface area contributed by atoms with Crippen LogP contribution in [-0.4, -0.2) is 45.0 Å². The molecule has 21 heavy (non-hydrogen) atoms. The maximum absolute atomic E-state index is 12.2. The van der Waals surface area contributed by atoms with Crippen molar-refractivity contribution in [1.29, 1.82) is 0 Å². The molecule has 5 nitrogen and oxygen atoms in total. The van der Waals surface area contributed by atoms with Crippen LogP contribution in [0, 0.1) is 6.92 Å². The highest BCUT2D eigenvalue weighted by atomic mass is 32.2. The molecule has 1 aliphatic rings. The van der Waals surface area contributed by atoms with Crippen molar-refractivity contribution in [1.82, 2.24) is 20.2 Å². The molecule has 1 aromatic rings. The minimum atomic E-state index is -0.0154. The summed E-state index contributed by atoms with van der Waals surface area (Å²) in [4.78, 5) is 22.4. The summed E-state index contributed by atoms with van der Waals surface area (Å²) in [5.41, 5.74) is 0.843. The molecule has 0 saturated heterocycles. The molecule has 2 rings (SSSR count). The number of carbonyl (C=O) groups is 1. The zero-order valence-corrected chi connectivity index (χ0v) is 13.8. The van der Waals surface area contributed by atoms with Crippen LogP contribution in [0.15, 0.2) is 12.3 Å². The van der Waals surface area contributed by atoms with Gasteiger partial charge in [0.1, 0.15) is 5.82 Å². The molecule has 1 aromatic heterocycles. The van der Waals surface area contributed by atoms with Gasteiger partial charge >= 0.3 is 6.03 Å². The van der Waals surface area contributed by atoms with E-state index in [4.69, 9.17) is 0 Å². The van der Waals surface area contributed by atoms with Crippen molar-refractivity contribution in [2.45, 2.75) is 50.9 Å². The summed E-state index contributed by atoms with van der Waals surface area (Å²) in [6.45, 7) is 4.49. The molecule has 2 amide bonds. The Labute approximate surface area is 130 Å². The lowest BCUT2D eigenvalue weighted by molar-refractivity contribution is 0.190. The average molecular weight is 308 g/mol. The van der Waals surface area contributed by atoms with Crippen molar-refractivity contribution >= 4 is 17.8 Å². The number of aryl methyl sites for hydroxylation is 1. The number of urea groups is 1. The first-order valence-corrected chi connectivity index (χ1v) is 8.55. The van der Waals surface area contributed by atoms with Gasteiger partial charge in [0.05, 0.1) is 12.2 Å². The molecule has 0 aliphatic heterocycles. The van der Waals surface area contributed by atoms with Crippen molar-refractivity contribution in [3.63, 3.8) is 0 Å². The van der Waals surface area contributed by atoms with E-state index in [-0.39, 0.29) is 6.03 Å². The Bertz CT molecular complexity index is 482. The van der Waals surface area contributed by atoms with Crippen LogP contribution in [0.5, 0.6) is 0 Å². The van der Waals surface area contributed by atoms with Gasteiger partial charge < -0.3 is 10.2 Å². The fraction of sp³-hybridized carbons (Fsp3) is 0.667. The molecule has 1 aliphatic carbocycles. The molecule has 0 bridgehead atoms. The SMILES string of the molecule is CCS[C@@H]1CC[C@H](N(C)C(=O)NCc2ccnc(C)n2)C1. The van der Waals surface area contributed by atoms with Crippen LogP contribution in [0.3, 0.4) is 0 Å². The Morgan fingerprint density at radius 1 is 1.52 bits per heavy atom. The lowest BCUT2D eigenvalue weighted by Crippen LogP contribution is -2.42. The first-order valence-electron chi connectivity index (χ1n) is 7.51. The summed E-state index contributed by atoms with van der Waals surface area (Å²) in [5, 5.41) is 3.65. The Balaban J connectivity index is 1.80. The predicted molar refractivity (Wildman–Crippen MR) is 86.3 cm³/mol.